The number of hydrogen-bond acceptors (Lipinski definition) is 4. The number of rotatable bonds is 6. The summed E-state index contributed by atoms with van der Waals surface area (Å²) in [6.45, 7) is 0.474. The van der Waals surface area contributed by atoms with Gasteiger partial charge in [0.15, 0.2) is 0 Å². The first-order valence-electron chi connectivity index (χ1n) is 9.55. The molecule has 8 heteroatoms. The number of benzene rings is 1. The highest BCUT2D eigenvalue weighted by atomic mass is 16.2. The summed E-state index contributed by atoms with van der Waals surface area (Å²) in [6.07, 6.45) is 3.30. The summed E-state index contributed by atoms with van der Waals surface area (Å²) < 4.78 is 0. The highest BCUT2D eigenvalue weighted by Gasteiger charge is 2.52. The van der Waals surface area contributed by atoms with Gasteiger partial charge in [0.1, 0.15) is 5.54 Å². The molecule has 2 fully saturated rings. The number of urea groups is 1. The van der Waals surface area contributed by atoms with E-state index in [0.717, 1.165) is 18.4 Å². The lowest BCUT2D eigenvalue weighted by molar-refractivity contribution is -0.133. The molecule has 1 saturated carbocycles. The molecule has 8 nitrogen and oxygen atoms in total. The number of carbonyl (C=O) groups excluding carboxylic acids is 4. The molecule has 2 N–H and O–H groups in total. The minimum absolute atomic E-state index is 0.0854. The van der Waals surface area contributed by atoms with Crippen LogP contribution in [0, 0.1) is 0 Å². The molecule has 0 aromatic heterocycles. The summed E-state index contributed by atoms with van der Waals surface area (Å²) in [6, 6.07) is 6.62. The van der Waals surface area contributed by atoms with Crippen molar-refractivity contribution in [2.45, 2.75) is 44.2 Å². The van der Waals surface area contributed by atoms with Crippen LogP contribution in [-0.2, 0) is 16.1 Å². The smallest absolute Gasteiger partial charge is 0.325 e. The van der Waals surface area contributed by atoms with Gasteiger partial charge in [0, 0.05) is 39.2 Å². The predicted molar refractivity (Wildman–Crippen MR) is 102 cm³/mol. The van der Waals surface area contributed by atoms with E-state index in [1.807, 2.05) is 0 Å². The third kappa shape index (κ3) is 3.85. The Morgan fingerprint density at radius 2 is 1.82 bits per heavy atom. The molecule has 0 atom stereocenters. The summed E-state index contributed by atoms with van der Waals surface area (Å²) in [5, 5.41) is 5.38. The van der Waals surface area contributed by atoms with E-state index in [0.29, 0.717) is 24.9 Å². The Bertz CT molecular complexity index is 784. The third-order valence-electron chi connectivity index (χ3n) is 5.54. The summed E-state index contributed by atoms with van der Waals surface area (Å²) in [4.78, 5) is 51.5. The van der Waals surface area contributed by atoms with Gasteiger partial charge in [-0.2, -0.15) is 0 Å². The SMILES string of the molecule is CNC(=O)c1ccc(CN(C)C(=O)CCN2C(=O)NC3(CCCC3)C2=O)cc1. The molecule has 150 valence electrons. The molecule has 1 saturated heterocycles. The second kappa shape index (κ2) is 8.00. The Kier molecular flexibility index (Phi) is 5.67. The normalized spacial score (nSPS) is 17.7. The van der Waals surface area contributed by atoms with Gasteiger partial charge in [-0.25, -0.2) is 4.79 Å². The van der Waals surface area contributed by atoms with Crippen LogP contribution < -0.4 is 10.6 Å². The van der Waals surface area contributed by atoms with Gasteiger partial charge in [-0.1, -0.05) is 25.0 Å². The summed E-state index contributed by atoms with van der Waals surface area (Å²) >= 11 is 0. The van der Waals surface area contributed by atoms with Crippen LogP contribution in [0.3, 0.4) is 0 Å². The summed E-state index contributed by atoms with van der Waals surface area (Å²) in [5.41, 5.74) is 0.710. The first-order chi connectivity index (χ1) is 13.4. The zero-order chi connectivity index (χ0) is 20.3. The maximum Gasteiger partial charge on any atom is 0.325 e. The fourth-order valence-electron chi connectivity index (χ4n) is 3.86. The van der Waals surface area contributed by atoms with Gasteiger partial charge in [0.05, 0.1) is 0 Å². The topological polar surface area (TPSA) is 98.8 Å². The molecule has 1 aromatic rings. The molecule has 1 spiro atoms. The fourth-order valence-corrected chi connectivity index (χ4v) is 3.86. The van der Waals surface area contributed by atoms with E-state index >= 15 is 0 Å². The molecular formula is C20H26N4O4. The van der Waals surface area contributed by atoms with Crippen LogP contribution in [0.2, 0.25) is 0 Å². The Labute approximate surface area is 164 Å². The van der Waals surface area contributed by atoms with Crippen molar-refractivity contribution in [2.24, 2.45) is 0 Å². The van der Waals surface area contributed by atoms with Crippen molar-refractivity contribution >= 4 is 23.8 Å². The first kappa shape index (κ1) is 19.9. The Morgan fingerprint density at radius 3 is 2.43 bits per heavy atom. The van der Waals surface area contributed by atoms with Crippen molar-refractivity contribution < 1.29 is 19.2 Å². The lowest BCUT2D eigenvalue weighted by atomic mass is 9.98. The first-order valence-corrected chi connectivity index (χ1v) is 9.55. The van der Waals surface area contributed by atoms with E-state index in [-0.39, 0.29) is 30.7 Å². The Morgan fingerprint density at radius 1 is 1.18 bits per heavy atom. The number of hydrogen-bond donors (Lipinski definition) is 2. The molecule has 1 aliphatic heterocycles. The van der Waals surface area contributed by atoms with Crippen LogP contribution in [-0.4, -0.2) is 59.7 Å². The van der Waals surface area contributed by atoms with Crippen molar-refractivity contribution in [2.75, 3.05) is 20.6 Å². The van der Waals surface area contributed by atoms with E-state index in [2.05, 4.69) is 10.6 Å². The number of carbonyl (C=O) groups is 4. The second-order valence-corrected chi connectivity index (χ2v) is 7.45. The third-order valence-corrected chi connectivity index (χ3v) is 5.54. The summed E-state index contributed by atoms with van der Waals surface area (Å²) in [5.74, 6) is -0.511. The number of amides is 5. The molecular weight excluding hydrogens is 360 g/mol. The van der Waals surface area contributed by atoms with E-state index in [4.69, 9.17) is 0 Å². The number of imide groups is 1. The number of nitrogens with zero attached hydrogens (tertiary/aromatic N) is 2. The van der Waals surface area contributed by atoms with Crippen molar-refractivity contribution in [3.8, 4) is 0 Å². The molecule has 1 heterocycles. The van der Waals surface area contributed by atoms with Gasteiger partial charge < -0.3 is 15.5 Å². The van der Waals surface area contributed by atoms with Crippen LogP contribution in [0.15, 0.2) is 24.3 Å². The molecule has 0 radical (unpaired) electrons. The summed E-state index contributed by atoms with van der Waals surface area (Å²) in [7, 11) is 3.25. The minimum Gasteiger partial charge on any atom is -0.355 e. The lowest BCUT2D eigenvalue weighted by Gasteiger charge is -2.21. The van der Waals surface area contributed by atoms with Gasteiger partial charge in [-0.3, -0.25) is 19.3 Å². The van der Waals surface area contributed by atoms with E-state index in [1.54, 1.807) is 43.3 Å². The van der Waals surface area contributed by atoms with Gasteiger partial charge in [-0.15, -0.1) is 0 Å². The number of nitrogens with one attached hydrogen (secondary N) is 2. The molecule has 1 aliphatic carbocycles. The van der Waals surface area contributed by atoms with E-state index in [9.17, 15) is 19.2 Å². The quantitative estimate of drug-likeness (QED) is 0.719. The molecule has 0 bridgehead atoms. The van der Waals surface area contributed by atoms with E-state index in [1.165, 1.54) is 4.90 Å². The zero-order valence-electron chi connectivity index (χ0n) is 16.3. The standard InChI is InChI=1S/C20H26N4O4/c1-21-17(26)15-7-5-14(6-8-15)13-23(2)16(25)9-12-24-18(27)20(22-19(24)28)10-3-4-11-20/h5-8H,3-4,9-13H2,1-2H3,(H,21,26)(H,22,28). The monoisotopic (exact) mass is 386 g/mol. The van der Waals surface area contributed by atoms with Crippen LogP contribution in [0.1, 0.15) is 48.0 Å². The Hall–Kier alpha value is -2.90. The molecule has 1 aromatic carbocycles. The van der Waals surface area contributed by atoms with E-state index < -0.39 is 11.6 Å². The van der Waals surface area contributed by atoms with Crippen molar-refractivity contribution in [3.05, 3.63) is 35.4 Å². The van der Waals surface area contributed by atoms with Gasteiger partial charge in [0.25, 0.3) is 11.8 Å². The van der Waals surface area contributed by atoms with Crippen molar-refractivity contribution in [1.29, 1.82) is 0 Å². The van der Waals surface area contributed by atoms with Crippen molar-refractivity contribution in [1.82, 2.24) is 20.4 Å². The fraction of sp³-hybridized carbons (Fsp3) is 0.500. The Balaban J connectivity index is 1.52. The molecule has 2 aliphatic rings. The average Bonchev–Trinajstić information content (AvgIpc) is 3.25. The van der Waals surface area contributed by atoms with Crippen molar-refractivity contribution in [3.63, 3.8) is 0 Å². The highest BCUT2D eigenvalue weighted by molar-refractivity contribution is 6.07. The second-order valence-electron chi connectivity index (χ2n) is 7.45. The highest BCUT2D eigenvalue weighted by Crippen LogP contribution is 2.35. The average molecular weight is 386 g/mol. The molecule has 28 heavy (non-hydrogen) atoms. The maximum absolute atomic E-state index is 12.6. The lowest BCUT2D eigenvalue weighted by Crippen LogP contribution is -2.44. The minimum atomic E-state index is -0.738. The van der Waals surface area contributed by atoms with Gasteiger partial charge in [0.2, 0.25) is 5.91 Å². The van der Waals surface area contributed by atoms with Gasteiger partial charge in [-0.05, 0) is 30.5 Å². The van der Waals surface area contributed by atoms with Crippen LogP contribution in [0.5, 0.6) is 0 Å². The molecule has 3 rings (SSSR count). The maximum atomic E-state index is 12.6. The largest absolute Gasteiger partial charge is 0.355 e. The van der Waals surface area contributed by atoms with Crippen LogP contribution >= 0.6 is 0 Å². The molecule has 5 amide bonds. The van der Waals surface area contributed by atoms with Crippen LogP contribution in [0.25, 0.3) is 0 Å². The predicted octanol–water partition coefficient (Wildman–Crippen LogP) is 1.26. The molecule has 0 unspecified atom stereocenters. The van der Waals surface area contributed by atoms with Crippen LogP contribution in [0.4, 0.5) is 4.79 Å². The zero-order valence-corrected chi connectivity index (χ0v) is 16.3. The van der Waals surface area contributed by atoms with Gasteiger partial charge >= 0.3 is 6.03 Å².